The molecule has 1 fully saturated rings. The van der Waals surface area contributed by atoms with E-state index >= 15 is 0 Å². The molecule has 2 heterocycles. The van der Waals surface area contributed by atoms with Gasteiger partial charge in [-0.15, -0.1) is 0 Å². The highest BCUT2D eigenvalue weighted by Gasteiger charge is 2.26. The summed E-state index contributed by atoms with van der Waals surface area (Å²) in [5.74, 6) is 1.08. The van der Waals surface area contributed by atoms with Gasteiger partial charge in [-0.2, -0.15) is 0 Å². The number of piperidine rings is 1. The van der Waals surface area contributed by atoms with Crippen molar-refractivity contribution in [3.63, 3.8) is 0 Å². The van der Waals surface area contributed by atoms with Gasteiger partial charge < -0.3 is 4.74 Å². The Hall–Kier alpha value is -2.79. The van der Waals surface area contributed by atoms with Crippen LogP contribution in [0.4, 0.5) is 0 Å². The molecule has 31 heavy (non-hydrogen) atoms. The molecule has 0 atom stereocenters. The number of ether oxygens (including phenoxy) is 1. The van der Waals surface area contributed by atoms with Crippen molar-refractivity contribution in [1.29, 1.82) is 0 Å². The number of fused-ring (bicyclic) bond motifs is 1. The molecule has 0 amide bonds. The number of carbonyl (C=O) groups is 1. The first-order valence-corrected chi connectivity index (χ1v) is 11.1. The molecule has 1 aromatic heterocycles. The van der Waals surface area contributed by atoms with E-state index < -0.39 is 0 Å². The van der Waals surface area contributed by atoms with Crippen LogP contribution in [0.3, 0.4) is 0 Å². The molecular formula is C26H31N3O2. The second-order valence-corrected chi connectivity index (χ2v) is 9.35. The second kappa shape index (κ2) is 9.15. The summed E-state index contributed by atoms with van der Waals surface area (Å²) in [7, 11) is 0. The number of nitrogens with zero attached hydrogens (tertiary/aromatic N) is 3. The molecule has 1 saturated heterocycles. The van der Waals surface area contributed by atoms with E-state index in [1.54, 1.807) is 12.4 Å². The van der Waals surface area contributed by atoms with Crippen molar-refractivity contribution in [3.05, 3.63) is 66.1 Å². The summed E-state index contributed by atoms with van der Waals surface area (Å²) in [6.45, 7) is 8.51. The van der Waals surface area contributed by atoms with Crippen molar-refractivity contribution in [2.75, 3.05) is 13.1 Å². The van der Waals surface area contributed by atoms with Crippen LogP contribution in [0.2, 0.25) is 0 Å². The number of rotatable bonds is 6. The highest BCUT2D eigenvalue weighted by molar-refractivity contribution is 5.91. The Balaban J connectivity index is 1.35. The van der Waals surface area contributed by atoms with Gasteiger partial charge in [-0.1, -0.05) is 42.5 Å². The highest BCUT2D eigenvalue weighted by Crippen LogP contribution is 2.26. The third-order valence-corrected chi connectivity index (χ3v) is 5.80. The van der Waals surface area contributed by atoms with Gasteiger partial charge in [0.2, 0.25) is 5.88 Å². The molecule has 4 rings (SSSR count). The Labute approximate surface area is 184 Å². The Morgan fingerprint density at radius 1 is 1.03 bits per heavy atom. The molecular weight excluding hydrogens is 386 g/mol. The van der Waals surface area contributed by atoms with Crippen molar-refractivity contribution in [2.24, 2.45) is 5.92 Å². The molecule has 0 aliphatic carbocycles. The van der Waals surface area contributed by atoms with Gasteiger partial charge in [0.05, 0.1) is 0 Å². The van der Waals surface area contributed by atoms with Crippen LogP contribution in [0.25, 0.3) is 10.8 Å². The largest absolute Gasteiger partial charge is 0.471 e. The molecule has 0 N–H and O–H groups in total. The zero-order valence-electron chi connectivity index (χ0n) is 18.7. The van der Waals surface area contributed by atoms with E-state index in [9.17, 15) is 4.79 Å². The molecule has 5 heteroatoms. The van der Waals surface area contributed by atoms with Gasteiger partial charge in [-0.05, 0) is 63.0 Å². The average Bonchev–Trinajstić information content (AvgIpc) is 2.75. The maximum absolute atomic E-state index is 13.0. The molecule has 1 aliphatic heterocycles. The number of benzene rings is 2. The third-order valence-electron chi connectivity index (χ3n) is 5.80. The minimum absolute atomic E-state index is 0.127. The lowest BCUT2D eigenvalue weighted by atomic mass is 9.88. The zero-order chi connectivity index (χ0) is 21.8. The fraction of sp³-hybridized carbons (Fsp3) is 0.423. The fourth-order valence-electron chi connectivity index (χ4n) is 4.24. The maximum Gasteiger partial charge on any atom is 0.237 e. The van der Waals surface area contributed by atoms with Crippen LogP contribution in [-0.2, 0) is 17.8 Å². The first kappa shape index (κ1) is 21.4. The summed E-state index contributed by atoms with van der Waals surface area (Å²) in [5.41, 5.74) is 1.68. The summed E-state index contributed by atoms with van der Waals surface area (Å²) in [5, 5.41) is 2.38. The average molecular weight is 418 g/mol. The van der Waals surface area contributed by atoms with Gasteiger partial charge >= 0.3 is 0 Å². The first-order valence-electron chi connectivity index (χ1n) is 11.1. The van der Waals surface area contributed by atoms with Crippen LogP contribution in [0.5, 0.6) is 5.88 Å². The standard InChI is InChI=1S/C26H31N3O2/c1-26(2,3)31-25-23(27-13-14-28-25)18-29-15-11-20(12-16-29)24(30)17-21-9-6-8-19-7-4-5-10-22(19)21/h4-10,13-14,20H,11-12,15-18H2,1-3H3. The minimum Gasteiger partial charge on any atom is -0.471 e. The molecule has 0 spiro atoms. The lowest BCUT2D eigenvalue weighted by Crippen LogP contribution is -2.37. The van der Waals surface area contributed by atoms with Crippen molar-refractivity contribution >= 4 is 16.6 Å². The van der Waals surface area contributed by atoms with E-state index in [0.29, 0.717) is 24.6 Å². The Kier molecular flexibility index (Phi) is 6.33. The van der Waals surface area contributed by atoms with Crippen LogP contribution < -0.4 is 4.74 Å². The summed E-state index contributed by atoms with van der Waals surface area (Å²) >= 11 is 0. The summed E-state index contributed by atoms with van der Waals surface area (Å²) in [4.78, 5) is 24.3. The predicted molar refractivity (Wildman–Crippen MR) is 123 cm³/mol. The van der Waals surface area contributed by atoms with E-state index in [0.717, 1.165) is 37.2 Å². The normalized spacial score (nSPS) is 15.8. The molecule has 0 saturated carbocycles. The van der Waals surface area contributed by atoms with E-state index in [1.165, 1.54) is 10.8 Å². The molecule has 162 valence electrons. The predicted octanol–water partition coefficient (Wildman–Crippen LogP) is 4.83. The lowest BCUT2D eigenvalue weighted by molar-refractivity contribution is -0.123. The number of hydrogen-bond acceptors (Lipinski definition) is 5. The number of ketones is 1. The van der Waals surface area contributed by atoms with E-state index in [1.807, 2.05) is 39.0 Å². The number of Topliss-reactive ketones (excluding diaryl/α,β-unsaturated/α-hetero) is 1. The highest BCUT2D eigenvalue weighted by atomic mass is 16.5. The van der Waals surface area contributed by atoms with Gasteiger partial charge in [-0.25, -0.2) is 4.98 Å². The zero-order valence-corrected chi connectivity index (χ0v) is 18.7. The molecule has 5 nitrogen and oxygen atoms in total. The lowest BCUT2D eigenvalue weighted by Gasteiger charge is -2.31. The maximum atomic E-state index is 13.0. The molecule has 0 radical (unpaired) electrons. The third kappa shape index (κ3) is 5.47. The smallest absolute Gasteiger partial charge is 0.237 e. The number of likely N-dealkylation sites (tertiary alicyclic amines) is 1. The summed E-state index contributed by atoms with van der Waals surface area (Å²) < 4.78 is 5.98. The van der Waals surface area contributed by atoms with Crippen molar-refractivity contribution in [2.45, 2.75) is 52.2 Å². The molecule has 0 bridgehead atoms. The number of aromatic nitrogens is 2. The van der Waals surface area contributed by atoms with Gasteiger partial charge in [0.15, 0.2) is 0 Å². The van der Waals surface area contributed by atoms with Crippen LogP contribution in [0.15, 0.2) is 54.9 Å². The van der Waals surface area contributed by atoms with Crippen molar-refractivity contribution in [3.8, 4) is 5.88 Å². The number of carbonyl (C=O) groups excluding carboxylic acids is 1. The monoisotopic (exact) mass is 417 g/mol. The van der Waals surface area contributed by atoms with Crippen molar-refractivity contribution in [1.82, 2.24) is 14.9 Å². The van der Waals surface area contributed by atoms with Gasteiger partial charge in [0.1, 0.15) is 17.1 Å². The van der Waals surface area contributed by atoms with Gasteiger partial charge in [0, 0.05) is 31.3 Å². The quantitative estimate of drug-likeness (QED) is 0.575. The molecule has 0 unspecified atom stereocenters. The Morgan fingerprint density at radius 2 is 1.74 bits per heavy atom. The first-order chi connectivity index (χ1) is 14.9. The van der Waals surface area contributed by atoms with Crippen LogP contribution in [-0.4, -0.2) is 39.3 Å². The molecule has 3 aromatic rings. The van der Waals surface area contributed by atoms with Crippen LogP contribution >= 0.6 is 0 Å². The fourth-order valence-corrected chi connectivity index (χ4v) is 4.24. The van der Waals surface area contributed by atoms with Crippen molar-refractivity contribution < 1.29 is 9.53 Å². The number of hydrogen-bond donors (Lipinski definition) is 0. The second-order valence-electron chi connectivity index (χ2n) is 9.35. The Morgan fingerprint density at radius 3 is 2.52 bits per heavy atom. The molecule has 2 aromatic carbocycles. The van der Waals surface area contributed by atoms with Gasteiger partial charge in [0.25, 0.3) is 0 Å². The van der Waals surface area contributed by atoms with E-state index in [-0.39, 0.29) is 11.5 Å². The van der Waals surface area contributed by atoms with Crippen LogP contribution in [0, 0.1) is 5.92 Å². The van der Waals surface area contributed by atoms with E-state index in [2.05, 4.69) is 39.1 Å². The topological polar surface area (TPSA) is 55.3 Å². The Bertz CT molecular complexity index is 1040. The molecule has 1 aliphatic rings. The summed E-state index contributed by atoms with van der Waals surface area (Å²) in [6.07, 6.45) is 5.67. The minimum atomic E-state index is -0.314. The summed E-state index contributed by atoms with van der Waals surface area (Å²) in [6, 6.07) is 14.5. The van der Waals surface area contributed by atoms with E-state index in [4.69, 9.17) is 4.74 Å². The van der Waals surface area contributed by atoms with Gasteiger partial charge in [-0.3, -0.25) is 14.7 Å². The van der Waals surface area contributed by atoms with Crippen LogP contribution in [0.1, 0.15) is 44.9 Å². The SMILES string of the molecule is CC(C)(C)Oc1nccnc1CN1CCC(C(=O)Cc2cccc3ccccc23)CC1.